The fourth-order valence-corrected chi connectivity index (χ4v) is 1.34. The quantitative estimate of drug-likeness (QED) is 0.746. The lowest BCUT2D eigenvalue weighted by atomic mass is 10.2. The molecule has 3 N–H and O–H groups in total. The van der Waals surface area contributed by atoms with Crippen LogP contribution in [0.1, 0.15) is 12.5 Å². The molecule has 5 heteroatoms. The normalized spacial score (nSPS) is 11.6. The molecule has 0 aliphatic heterocycles. The van der Waals surface area contributed by atoms with Crippen molar-refractivity contribution >= 4 is 5.91 Å². The monoisotopic (exact) mass is 247 g/mol. The molecule has 0 bridgehead atoms. The zero-order valence-electron chi connectivity index (χ0n) is 10.3. The number of nitrogens with zero attached hydrogens (tertiary/aromatic N) is 1. The first-order chi connectivity index (χ1) is 8.61. The van der Waals surface area contributed by atoms with Crippen LogP contribution in [0.25, 0.3) is 0 Å². The summed E-state index contributed by atoms with van der Waals surface area (Å²) in [6, 6.07) is 9.54. The van der Waals surface area contributed by atoms with Crippen molar-refractivity contribution in [2.24, 2.45) is 11.7 Å². The van der Waals surface area contributed by atoms with Gasteiger partial charge in [0.05, 0.1) is 12.0 Å². The van der Waals surface area contributed by atoms with Crippen molar-refractivity contribution in [1.29, 1.82) is 5.26 Å². The minimum atomic E-state index is -0.494. The average Bonchev–Trinajstić information content (AvgIpc) is 2.37. The van der Waals surface area contributed by atoms with Gasteiger partial charge in [0.2, 0.25) is 0 Å². The van der Waals surface area contributed by atoms with Crippen LogP contribution in [0, 0.1) is 17.2 Å². The second kappa shape index (κ2) is 7.30. The lowest BCUT2D eigenvalue weighted by Gasteiger charge is -2.07. The van der Waals surface area contributed by atoms with Crippen LogP contribution in [0.4, 0.5) is 0 Å². The zero-order valence-corrected chi connectivity index (χ0v) is 10.3. The average molecular weight is 247 g/mol. The highest BCUT2D eigenvalue weighted by Crippen LogP contribution is 2.11. The van der Waals surface area contributed by atoms with Crippen LogP contribution in [-0.4, -0.2) is 19.1 Å². The fraction of sp³-hybridized carbons (Fsp3) is 0.385. The molecule has 0 aromatic heterocycles. The maximum absolute atomic E-state index is 10.5. The molecular formula is C13H17N3O2. The largest absolute Gasteiger partial charge is 0.484 e. The van der Waals surface area contributed by atoms with E-state index in [1.807, 2.05) is 19.1 Å². The Morgan fingerprint density at radius 1 is 1.50 bits per heavy atom. The molecule has 0 spiro atoms. The van der Waals surface area contributed by atoms with Gasteiger partial charge in [0, 0.05) is 13.1 Å². The van der Waals surface area contributed by atoms with Gasteiger partial charge in [-0.2, -0.15) is 5.26 Å². The Morgan fingerprint density at radius 3 is 2.72 bits per heavy atom. The third-order valence-corrected chi connectivity index (χ3v) is 2.30. The topological polar surface area (TPSA) is 88.1 Å². The molecule has 0 aliphatic carbocycles. The van der Waals surface area contributed by atoms with Crippen LogP contribution in [0.2, 0.25) is 0 Å². The number of benzene rings is 1. The van der Waals surface area contributed by atoms with Gasteiger partial charge >= 0.3 is 0 Å². The summed E-state index contributed by atoms with van der Waals surface area (Å²) in [4.78, 5) is 10.5. The number of ether oxygens (including phenoxy) is 1. The Bertz CT molecular complexity index is 423. The smallest absolute Gasteiger partial charge is 0.255 e. The molecule has 0 aliphatic rings. The van der Waals surface area contributed by atoms with Gasteiger partial charge in [0.1, 0.15) is 5.75 Å². The van der Waals surface area contributed by atoms with Gasteiger partial charge in [0.15, 0.2) is 6.61 Å². The molecular weight excluding hydrogens is 230 g/mol. The predicted molar refractivity (Wildman–Crippen MR) is 67.6 cm³/mol. The SMILES string of the molecule is CC(C#N)CNCc1ccc(OCC(N)=O)cc1. The Morgan fingerprint density at radius 2 is 2.17 bits per heavy atom. The summed E-state index contributed by atoms with van der Waals surface area (Å²) in [6.45, 7) is 3.11. The molecule has 1 amide bonds. The molecule has 1 aromatic carbocycles. The van der Waals surface area contributed by atoms with Crippen LogP contribution in [0.15, 0.2) is 24.3 Å². The molecule has 5 nitrogen and oxygen atoms in total. The van der Waals surface area contributed by atoms with Crippen LogP contribution in [-0.2, 0) is 11.3 Å². The van der Waals surface area contributed by atoms with Crippen molar-refractivity contribution in [1.82, 2.24) is 5.32 Å². The molecule has 0 heterocycles. The molecule has 0 saturated heterocycles. The number of carbonyl (C=O) groups is 1. The first-order valence-corrected chi connectivity index (χ1v) is 5.72. The van der Waals surface area contributed by atoms with Crippen molar-refractivity contribution in [2.75, 3.05) is 13.2 Å². The van der Waals surface area contributed by atoms with Crippen molar-refractivity contribution in [3.8, 4) is 11.8 Å². The first-order valence-electron chi connectivity index (χ1n) is 5.72. The van der Waals surface area contributed by atoms with Crippen LogP contribution >= 0.6 is 0 Å². The number of hydrogen-bond donors (Lipinski definition) is 2. The Kier molecular flexibility index (Phi) is 5.68. The standard InChI is InChI=1S/C13H17N3O2/c1-10(6-14)7-16-8-11-2-4-12(5-3-11)18-9-13(15)17/h2-5,10,16H,7-9H2,1H3,(H2,15,17). The van der Waals surface area contributed by atoms with Gasteiger partial charge < -0.3 is 15.8 Å². The molecule has 18 heavy (non-hydrogen) atoms. The van der Waals surface area contributed by atoms with Crippen molar-refractivity contribution in [3.63, 3.8) is 0 Å². The van der Waals surface area contributed by atoms with Crippen LogP contribution in [0.5, 0.6) is 5.75 Å². The molecule has 1 aromatic rings. The Balaban J connectivity index is 2.36. The number of nitrogens with one attached hydrogen (secondary N) is 1. The molecule has 0 fully saturated rings. The maximum Gasteiger partial charge on any atom is 0.255 e. The van der Waals surface area contributed by atoms with E-state index in [4.69, 9.17) is 15.7 Å². The maximum atomic E-state index is 10.5. The highest BCUT2D eigenvalue weighted by molar-refractivity contribution is 5.75. The van der Waals surface area contributed by atoms with Gasteiger partial charge in [-0.1, -0.05) is 12.1 Å². The minimum absolute atomic E-state index is 0.00294. The lowest BCUT2D eigenvalue weighted by Crippen LogP contribution is -2.20. The summed E-state index contributed by atoms with van der Waals surface area (Å²) in [7, 11) is 0. The first kappa shape index (κ1) is 14.0. The fourth-order valence-electron chi connectivity index (χ4n) is 1.34. The molecule has 1 rings (SSSR count). The molecule has 96 valence electrons. The van der Waals surface area contributed by atoms with Crippen molar-refractivity contribution in [3.05, 3.63) is 29.8 Å². The number of nitrogens with two attached hydrogens (primary N) is 1. The van der Waals surface area contributed by atoms with E-state index in [1.165, 1.54) is 0 Å². The van der Waals surface area contributed by atoms with Gasteiger partial charge in [-0.15, -0.1) is 0 Å². The van der Waals surface area contributed by atoms with Gasteiger partial charge in [0.25, 0.3) is 5.91 Å². The summed E-state index contributed by atoms with van der Waals surface area (Å²) < 4.78 is 5.14. The highest BCUT2D eigenvalue weighted by Gasteiger charge is 2.00. The number of amides is 1. The van der Waals surface area contributed by atoms with Gasteiger partial charge in [-0.3, -0.25) is 4.79 Å². The van der Waals surface area contributed by atoms with Crippen LogP contribution in [0.3, 0.4) is 0 Å². The summed E-state index contributed by atoms with van der Waals surface area (Å²) >= 11 is 0. The second-order valence-corrected chi connectivity index (χ2v) is 4.06. The number of primary amides is 1. The van der Waals surface area contributed by atoms with Crippen LogP contribution < -0.4 is 15.8 Å². The van der Waals surface area contributed by atoms with Crippen molar-refractivity contribution < 1.29 is 9.53 Å². The molecule has 0 saturated carbocycles. The Labute approximate surface area is 107 Å². The third kappa shape index (κ3) is 5.32. The number of carbonyl (C=O) groups excluding carboxylic acids is 1. The van der Waals surface area contributed by atoms with Gasteiger partial charge in [-0.05, 0) is 24.6 Å². The summed E-state index contributed by atoms with van der Waals surface area (Å²) in [5.74, 6) is 0.123. The Hall–Kier alpha value is -2.06. The molecule has 1 unspecified atom stereocenters. The van der Waals surface area contributed by atoms with E-state index in [0.29, 0.717) is 18.8 Å². The number of hydrogen-bond acceptors (Lipinski definition) is 4. The van der Waals surface area contributed by atoms with E-state index in [-0.39, 0.29) is 12.5 Å². The van der Waals surface area contributed by atoms with E-state index < -0.39 is 5.91 Å². The van der Waals surface area contributed by atoms with E-state index >= 15 is 0 Å². The number of rotatable bonds is 7. The predicted octanol–water partition coefficient (Wildman–Crippen LogP) is 0.800. The highest BCUT2D eigenvalue weighted by atomic mass is 16.5. The van der Waals surface area contributed by atoms with E-state index in [1.54, 1.807) is 12.1 Å². The summed E-state index contributed by atoms with van der Waals surface area (Å²) in [5.41, 5.74) is 6.07. The summed E-state index contributed by atoms with van der Waals surface area (Å²) in [6.07, 6.45) is 0. The third-order valence-electron chi connectivity index (χ3n) is 2.30. The molecule has 0 radical (unpaired) electrons. The summed E-state index contributed by atoms with van der Waals surface area (Å²) in [5, 5.41) is 11.8. The molecule has 1 atom stereocenters. The lowest BCUT2D eigenvalue weighted by molar-refractivity contribution is -0.119. The minimum Gasteiger partial charge on any atom is -0.484 e. The van der Waals surface area contributed by atoms with E-state index in [9.17, 15) is 4.79 Å². The van der Waals surface area contributed by atoms with Gasteiger partial charge in [-0.25, -0.2) is 0 Å². The second-order valence-electron chi connectivity index (χ2n) is 4.06. The van der Waals surface area contributed by atoms with E-state index in [2.05, 4.69) is 11.4 Å². The van der Waals surface area contributed by atoms with E-state index in [0.717, 1.165) is 5.56 Å². The number of nitriles is 1. The van der Waals surface area contributed by atoms with Crippen molar-refractivity contribution in [2.45, 2.75) is 13.5 Å². The zero-order chi connectivity index (χ0) is 13.4.